The molecule has 4 amide bonds. The van der Waals surface area contributed by atoms with E-state index < -0.39 is 47.0 Å². The smallest absolute Gasteiger partial charge is 0.250 e. The number of anilines is 1. The van der Waals surface area contributed by atoms with Crippen LogP contribution in [0.15, 0.2) is 48.5 Å². The Balaban J connectivity index is 1.62. The molecule has 9 heteroatoms. The Morgan fingerprint density at radius 1 is 1.10 bits per heavy atom. The number of nitrogens with two attached hydrogens (primary N) is 1. The molecule has 2 saturated heterocycles. The summed E-state index contributed by atoms with van der Waals surface area (Å²) >= 11 is 6.19. The van der Waals surface area contributed by atoms with Gasteiger partial charge in [0.25, 0.3) is 0 Å². The molecule has 4 N–H and O–H groups in total. The molecule has 1 spiro atoms. The Labute approximate surface area is 182 Å². The zero-order valence-corrected chi connectivity index (χ0v) is 17.1. The fraction of sp³-hybridized carbons (Fsp3) is 0.273. The number of carbonyl (C=O) groups is 4. The molecule has 4 atom stereocenters. The molecular formula is C22H19ClN4O4. The monoisotopic (exact) mass is 438 g/mol. The minimum Gasteiger partial charge on any atom is -0.370 e. The number of nitrogens with one attached hydrogen (secondary N) is 2. The Hall–Kier alpha value is -3.23. The Morgan fingerprint density at radius 3 is 2.55 bits per heavy atom. The minimum absolute atomic E-state index is 0.0922. The summed E-state index contributed by atoms with van der Waals surface area (Å²) in [5.41, 5.74) is 5.73. The maximum absolute atomic E-state index is 13.6. The van der Waals surface area contributed by atoms with Crippen LogP contribution in [-0.4, -0.2) is 34.6 Å². The third kappa shape index (κ3) is 2.79. The molecule has 2 aromatic rings. The van der Waals surface area contributed by atoms with Crippen molar-refractivity contribution in [1.82, 2.24) is 10.2 Å². The summed E-state index contributed by atoms with van der Waals surface area (Å²) in [6.45, 7) is 0.0922. The molecule has 158 valence electrons. The van der Waals surface area contributed by atoms with Crippen LogP contribution in [0.1, 0.15) is 17.5 Å². The van der Waals surface area contributed by atoms with Crippen LogP contribution in [-0.2, 0) is 31.3 Å². The van der Waals surface area contributed by atoms with Crippen LogP contribution in [0.3, 0.4) is 0 Å². The van der Waals surface area contributed by atoms with Crippen LogP contribution in [0.5, 0.6) is 0 Å². The molecule has 3 aliphatic rings. The Morgan fingerprint density at radius 2 is 1.84 bits per heavy atom. The summed E-state index contributed by atoms with van der Waals surface area (Å²) in [5.74, 6) is -3.85. The lowest BCUT2D eigenvalue weighted by Gasteiger charge is -2.29. The molecule has 5 rings (SSSR count). The van der Waals surface area contributed by atoms with Gasteiger partial charge in [-0.05, 0) is 23.8 Å². The summed E-state index contributed by atoms with van der Waals surface area (Å²) in [4.78, 5) is 53.1. The zero-order valence-electron chi connectivity index (χ0n) is 16.3. The highest BCUT2D eigenvalue weighted by molar-refractivity contribution is 6.31. The number of hydrogen-bond acceptors (Lipinski definition) is 5. The fourth-order valence-electron chi connectivity index (χ4n) is 5.15. The van der Waals surface area contributed by atoms with E-state index in [1.807, 2.05) is 30.3 Å². The lowest BCUT2D eigenvalue weighted by atomic mass is 9.76. The fourth-order valence-corrected chi connectivity index (χ4v) is 5.32. The van der Waals surface area contributed by atoms with E-state index in [0.29, 0.717) is 16.3 Å². The van der Waals surface area contributed by atoms with Crippen molar-refractivity contribution in [3.05, 3.63) is 64.7 Å². The second kappa shape index (κ2) is 6.90. The first-order chi connectivity index (χ1) is 14.8. The van der Waals surface area contributed by atoms with Gasteiger partial charge in [-0.3, -0.25) is 29.4 Å². The first-order valence-electron chi connectivity index (χ1n) is 9.89. The molecule has 2 aromatic carbocycles. The van der Waals surface area contributed by atoms with Gasteiger partial charge in [0.1, 0.15) is 5.54 Å². The highest BCUT2D eigenvalue weighted by Gasteiger charge is 2.70. The van der Waals surface area contributed by atoms with Crippen molar-refractivity contribution in [3.63, 3.8) is 0 Å². The number of primary amides is 1. The van der Waals surface area contributed by atoms with E-state index in [4.69, 9.17) is 17.3 Å². The molecular weight excluding hydrogens is 420 g/mol. The van der Waals surface area contributed by atoms with E-state index in [2.05, 4.69) is 10.6 Å². The average Bonchev–Trinajstić information content (AvgIpc) is 3.29. The summed E-state index contributed by atoms with van der Waals surface area (Å²) < 4.78 is 0. The van der Waals surface area contributed by atoms with Gasteiger partial charge in [0, 0.05) is 28.7 Å². The normalized spacial score (nSPS) is 28.7. The highest BCUT2D eigenvalue weighted by Crippen LogP contribution is 2.53. The summed E-state index contributed by atoms with van der Waals surface area (Å²) in [7, 11) is 0. The number of likely N-dealkylation sites (tertiary alicyclic amines) is 1. The van der Waals surface area contributed by atoms with Crippen LogP contribution >= 0.6 is 11.6 Å². The van der Waals surface area contributed by atoms with Crippen LogP contribution < -0.4 is 16.4 Å². The summed E-state index contributed by atoms with van der Waals surface area (Å²) in [6, 6.07) is 13.3. The quantitative estimate of drug-likeness (QED) is 0.618. The third-order valence-electron chi connectivity index (χ3n) is 6.37. The van der Waals surface area contributed by atoms with Crippen LogP contribution in [0, 0.1) is 11.8 Å². The van der Waals surface area contributed by atoms with E-state index in [0.717, 1.165) is 5.56 Å². The molecule has 3 heterocycles. The van der Waals surface area contributed by atoms with Gasteiger partial charge in [-0.25, -0.2) is 0 Å². The van der Waals surface area contributed by atoms with E-state index in [1.165, 1.54) is 4.90 Å². The van der Waals surface area contributed by atoms with Crippen LogP contribution in [0.25, 0.3) is 0 Å². The maximum atomic E-state index is 13.6. The van der Waals surface area contributed by atoms with Crippen molar-refractivity contribution in [2.75, 3.05) is 5.32 Å². The number of hydrogen-bond donors (Lipinski definition) is 3. The number of carbonyl (C=O) groups excluding carboxylic acids is 4. The molecule has 2 fully saturated rings. The van der Waals surface area contributed by atoms with Crippen molar-refractivity contribution in [1.29, 1.82) is 0 Å². The third-order valence-corrected chi connectivity index (χ3v) is 6.61. The maximum Gasteiger partial charge on any atom is 0.250 e. The molecule has 0 saturated carbocycles. The summed E-state index contributed by atoms with van der Waals surface area (Å²) in [5, 5.41) is 6.32. The van der Waals surface area contributed by atoms with Crippen LogP contribution in [0.2, 0.25) is 5.02 Å². The number of rotatable bonds is 4. The number of amides is 4. The van der Waals surface area contributed by atoms with Gasteiger partial charge in [0.15, 0.2) is 0 Å². The van der Waals surface area contributed by atoms with Gasteiger partial charge in [0.2, 0.25) is 23.6 Å². The predicted octanol–water partition coefficient (Wildman–Crippen LogP) is 1.14. The lowest BCUT2D eigenvalue weighted by molar-refractivity contribution is -0.143. The van der Waals surface area contributed by atoms with E-state index >= 15 is 0 Å². The van der Waals surface area contributed by atoms with Gasteiger partial charge in [-0.15, -0.1) is 0 Å². The minimum atomic E-state index is -1.50. The van der Waals surface area contributed by atoms with Gasteiger partial charge in [-0.2, -0.15) is 0 Å². The van der Waals surface area contributed by atoms with Crippen LogP contribution in [0.4, 0.5) is 5.69 Å². The van der Waals surface area contributed by atoms with Crippen molar-refractivity contribution in [2.45, 2.75) is 24.5 Å². The number of halogens is 1. The standard InChI is InChI=1S/C22H19ClN4O4/c23-12-6-7-14-13(8-12)22(21(31)25-14)18-17(15(26-22)9-16(24)28)19(29)27(20(18)30)10-11-4-2-1-3-5-11/h1-8,15,17-18,26H,9-10H2,(H2,24,28)(H,25,31)/t15-,17+,18-,22+/m0/s1. The van der Waals surface area contributed by atoms with Gasteiger partial charge >= 0.3 is 0 Å². The van der Waals surface area contributed by atoms with Crippen molar-refractivity contribution in [2.24, 2.45) is 17.6 Å². The number of benzene rings is 2. The number of fused-ring (bicyclic) bond motifs is 4. The van der Waals surface area contributed by atoms with Crippen molar-refractivity contribution >= 4 is 40.9 Å². The van der Waals surface area contributed by atoms with E-state index in [-0.39, 0.29) is 13.0 Å². The Bertz CT molecular complexity index is 1140. The van der Waals surface area contributed by atoms with Crippen molar-refractivity contribution in [3.8, 4) is 0 Å². The van der Waals surface area contributed by atoms with Crippen molar-refractivity contribution < 1.29 is 19.2 Å². The topological polar surface area (TPSA) is 122 Å². The first-order valence-corrected chi connectivity index (χ1v) is 10.3. The van der Waals surface area contributed by atoms with Gasteiger partial charge < -0.3 is 11.1 Å². The molecule has 0 aromatic heterocycles. The molecule has 8 nitrogen and oxygen atoms in total. The van der Waals surface area contributed by atoms with E-state index in [9.17, 15) is 19.2 Å². The Kier molecular flexibility index (Phi) is 4.39. The SMILES string of the molecule is NC(=O)C[C@@H]1N[C@@]2(C(=O)Nc3ccc(Cl)cc32)[C@@H]2C(=O)N(Cc3ccccc3)C(=O)[C@H]12. The lowest BCUT2D eigenvalue weighted by Crippen LogP contribution is -2.53. The second-order valence-electron chi connectivity index (χ2n) is 8.12. The molecule has 31 heavy (non-hydrogen) atoms. The number of imide groups is 1. The molecule has 0 unspecified atom stereocenters. The average molecular weight is 439 g/mol. The molecule has 0 radical (unpaired) electrons. The highest BCUT2D eigenvalue weighted by atomic mass is 35.5. The predicted molar refractivity (Wildman–Crippen MR) is 111 cm³/mol. The second-order valence-corrected chi connectivity index (χ2v) is 8.56. The number of nitrogens with zero attached hydrogens (tertiary/aromatic N) is 1. The molecule has 3 aliphatic heterocycles. The largest absolute Gasteiger partial charge is 0.370 e. The van der Waals surface area contributed by atoms with Gasteiger partial charge in [-0.1, -0.05) is 41.9 Å². The summed E-state index contributed by atoms with van der Waals surface area (Å²) in [6.07, 6.45) is -0.176. The van der Waals surface area contributed by atoms with Gasteiger partial charge in [0.05, 0.1) is 18.4 Å². The first kappa shape index (κ1) is 19.7. The van der Waals surface area contributed by atoms with E-state index in [1.54, 1.807) is 18.2 Å². The molecule has 0 bridgehead atoms. The molecule has 0 aliphatic carbocycles. The zero-order chi connectivity index (χ0) is 21.9.